The van der Waals surface area contributed by atoms with Crippen LogP contribution in [0.25, 0.3) is 22.3 Å². The number of halogens is 6. The van der Waals surface area contributed by atoms with Gasteiger partial charge in [0.1, 0.15) is 5.82 Å². The Bertz CT molecular complexity index is 2070. The smallest absolute Gasteiger partial charge is 0.166 e. The van der Waals surface area contributed by atoms with Crippen LogP contribution in [-0.4, -0.2) is 0 Å². The lowest BCUT2D eigenvalue weighted by Crippen LogP contribution is -2.11. The first-order valence-electron chi connectivity index (χ1n) is 22.3. The first-order valence-corrected chi connectivity index (χ1v) is 22.6. The molecule has 0 bridgehead atoms. The molecule has 6 heteroatoms. The van der Waals surface area contributed by atoms with Crippen LogP contribution in [0.1, 0.15) is 153 Å². The third-order valence-corrected chi connectivity index (χ3v) is 14.1. The molecule has 0 aromatic heterocycles. The van der Waals surface area contributed by atoms with Gasteiger partial charge in [0.25, 0.3) is 0 Å². The zero-order chi connectivity index (χ0) is 43.1. The monoisotopic (exact) mass is 846 g/mol. The minimum atomic E-state index is -0.751. The van der Waals surface area contributed by atoms with E-state index in [1.54, 1.807) is 45.0 Å². The Labute approximate surface area is 365 Å². The summed E-state index contributed by atoms with van der Waals surface area (Å²) in [5.41, 5.74) is 7.14. The van der Waals surface area contributed by atoms with Crippen molar-refractivity contribution in [2.45, 2.75) is 136 Å². The number of aryl methyl sites for hydroxylation is 3. The highest BCUT2D eigenvalue weighted by molar-refractivity contribution is 6.31. The molecule has 5 aromatic carbocycles. The van der Waals surface area contributed by atoms with Crippen LogP contribution in [0, 0.1) is 67.6 Å². The Balaban J connectivity index is 0.000000249. The van der Waals surface area contributed by atoms with E-state index in [0.717, 1.165) is 47.3 Å². The first kappa shape index (κ1) is 45.6. The van der Waals surface area contributed by atoms with Crippen molar-refractivity contribution in [1.29, 1.82) is 0 Å². The average molecular weight is 848 g/mol. The molecule has 0 aliphatic heterocycles. The van der Waals surface area contributed by atoms with Crippen molar-refractivity contribution in [2.24, 2.45) is 17.8 Å². The Kier molecular flexibility index (Phi) is 15.7. The Morgan fingerprint density at radius 1 is 0.383 bits per heavy atom. The van der Waals surface area contributed by atoms with E-state index in [1.807, 2.05) is 36.4 Å². The fraction of sp³-hybridized carbons (Fsp3) is 0.444. The minimum absolute atomic E-state index is 0. The molecule has 326 valence electrons. The second kappa shape index (κ2) is 20.7. The average Bonchev–Trinajstić information content (AvgIpc) is 3.26. The molecule has 3 aliphatic carbocycles. The molecule has 0 amide bonds. The van der Waals surface area contributed by atoms with E-state index in [4.69, 9.17) is 11.6 Å². The van der Waals surface area contributed by atoms with E-state index in [9.17, 15) is 22.0 Å². The van der Waals surface area contributed by atoms with Gasteiger partial charge in [-0.05, 0) is 139 Å². The largest absolute Gasteiger partial charge is 0.205 e. The van der Waals surface area contributed by atoms with Gasteiger partial charge < -0.3 is 0 Å². The molecule has 3 fully saturated rings. The van der Waals surface area contributed by atoms with Crippen molar-refractivity contribution in [2.75, 3.05) is 0 Å². The standard InChI is InChI=1S/2C20H22F2.C14H18ClF.3H2/c2*1-13-3-6-15(7-4-13)16-8-10-17(11-9-16)18-12-5-14(2)19(21)20(18)22;1-9-3-6-11(7-4-9)12-8-5-10(2)14(16)13(12)15;;;/h2*5,8-13,15H,3-4,6-7H2,1-2H3;5,8-9,11H,3-4,6-7H2,1-2H3;3*1H. The Morgan fingerprint density at radius 3 is 1.07 bits per heavy atom. The van der Waals surface area contributed by atoms with E-state index >= 15 is 0 Å². The summed E-state index contributed by atoms with van der Waals surface area (Å²) in [4.78, 5) is 0. The summed E-state index contributed by atoms with van der Waals surface area (Å²) in [5, 5.41) is 0.347. The van der Waals surface area contributed by atoms with Crippen LogP contribution in [0.15, 0.2) is 84.9 Å². The fourth-order valence-electron chi connectivity index (χ4n) is 9.34. The predicted molar refractivity (Wildman–Crippen MR) is 247 cm³/mol. The van der Waals surface area contributed by atoms with E-state index < -0.39 is 23.3 Å². The molecule has 0 saturated heterocycles. The van der Waals surface area contributed by atoms with E-state index in [-0.39, 0.29) is 10.1 Å². The van der Waals surface area contributed by atoms with Gasteiger partial charge in [0.15, 0.2) is 23.3 Å². The van der Waals surface area contributed by atoms with Gasteiger partial charge in [0, 0.05) is 15.4 Å². The number of hydrogen-bond donors (Lipinski definition) is 0. The number of benzene rings is 5. The highest BCUT2D eigenvalue weighted by Gasteiger charge is 2.24. The molecule has 60 heavy (non-hydrogen) atoms. The first-order chi connectivity index (χ1) is 28.7. The summed E-state index contributed by atoms with van der Waals surface area (Å²) in [6, 6.07) is 26.4. The van der Waals surface area contributed by atoms with Crippen LogP contribution < -0.4 is 0 Å². The second-order valence-corrected chi connectivity index (χ2v) is 18.7. The maximum absolute atomic E-state index is 14.1. The topological polar surface area (TPSA) is 0 Å². The molecule has 3 saturated carbocycles. The molecule has 0 spiro atoms. The van der Waals surface area contributed by atoms with Crippen molar-refractivity contribution in [1.82, 2.24) is 0 Å². The predicted octanol–water partition coefficient (Wildman–Crippen LogP) is 18.3. The van der Waals surface area contributed by atoms with Gasteiger partial charge in [-0.3, -0.25) is 0 Å². The summed E-state index contributed by atoms with van der Waals surface area (Å²) in [5.74, 6) is 0.932. The van der Waals surface area contributed by atoms with Crippen molar-refractivity contribution in [3.63, 3.8) is 0 Å². The molecule has 0 radical (unpaired) electrons. The zero-order valence-corrected chi connectivity index (χ0v) is 37.1. The molecule has 8 rings (SSSR count). The van der Waals surface area contributed by atoms with Crippen LogP contribution in [0.2, 0.25) is 5.02 Å². The maximum atomic E-state index is 14.1. The lowest BCUT2D eigenvalue weighted by atomic mass is 9.79. The summed E-state index contributed by atoms with van der Waals surface area (Å²) in [6.07, 6.45) is 14.8. The summed E-state index contributed by atoms with van der Waals surface area (Å²) >= 11 is 6.09. The van der Waals surface area contributed by atoms with Crippen LogP contribution >= 0.6 is 11.6 Å². The zero-order valence-electron chi connectivity index (χ0n) is 36.3. The normalized spacial score (nSPS) is 22.9. The highest BCUT2D eigenvalue weighted by atomic mass is 35.5. The van der Waals surface area contributed by atoms with Gasteiger partial charge in [-0.25, -0.2) is 22.0 Å². The SMILES string of the molecule is Cc1ccc(-c2ccc(C3CCC(C)CC3)cc2)c(F)c1F.Cc1ccc(-c2ccc(C3CCC(C)CC3)cc2)c(F)c1F.Cc1ccc(C2CCC(C)CC2)c(Cl)c1F.[HH].[HH].[HH]. The quantitative estimate of drug-likeness (QED) is 0.155. The highest BCUT2D eigenvalue weighted by Crippen LogP contribution is 2.41. The fourth-order valence-corrected chi connectivity index (χ4v) is 9.71. The van der Waals surface area contributed by atoms with Crippen LogP contribution in [0.3, 0.4) is 0 Å². The molecule has 0 atom stereocenters. The van der Waals surface area contributed by atoms with E-state index in [2.05, 4.69) is 45.0 Å². The third-order valence-electron chi connectivity index (χ3n) is 13.7. The van der Waals surface area contributed by atoms with Gasteiger partial charge in [0.2, 0.25) is 0 Å². The van der Waals surface area contributed by atoms with E-state index in [1.165, 1.54) is 75.3 Å². The molecule has 0 N–H and O–H groups in total. The van der Waals surface area contributed by atoms with Crippen molar-refractivity contribution >= 4 is 11.6 Å². The summed E-state index contributed by atoms with van der Waals surface area (Å²) in [7, 11) is 0. The van der Waals surface area contributed by atoms with Crippen molar-refractivity contribution < 1.29 is 26.2 Å². The second-order valence-electron chi connectivity index (χ2n) is 18.3. The van der Waals surface area contributed by atoms with Gasteiger partial charge in [-0.2, -0.15) is 0 Å². The lowest BCUT2D eigenvalue weighted by Gasteiger charge is -2.27. The molecule has 0 nitrogen and oxygen atoms in total. The van der Waals surface area contributed by atoms with Gasteiger partial charge >= 0.3 is 0 Å². The Morgan fingerprint density at radius 2 is 0.700 bits per heavy atom. The molecular formula is C54H68ClF5. The molecule has 0 unspecified atom stereocenters. The summed E-state index contributed by atoms with van der Waals surface area (Å²) in [6.45, 7) is 11.8. The number of rotatable bonds is 5. The van der Waals surface area contributed by atoms with Crippen LogP contribution in [0.5, 0.6) is 0 Å². The Hall–Kier alpha value is -3.96. The minimum Gasteiger partial charge on any atom is -0.205 e. The maximum Gasteiger partial charge on any atom is 0.166 e. The van der Waals surface area contributed by atoms with Crippen molar-refractivity contribution in [3.8, 4) is 22.3 Å². The van der Waals surface area contributed by atoms with Crippen LogP contribution in [-0.2, 0) is 0 Å². The number of hydrogen-bond acceptors (Lipinski definition) is 0. The van der Waals surface area contributed by atoms with Gasteiger partial charge in [-0.15, -0.1) is 0 Å². The third kappa shape index (κ3) is 11.1. The molecular weight excluding hydrogens is 779 g/mol. The van der Waals surface area contributed by atoms with Gasteiger partial charge in [-0.1, -0.05) is 156 Å². The lowest BCUT2D eigenvalue weighted by molar-refractivity contribution is 0.347. The molecule has 5 aromatic rings. The van der Waals surface area contributed by atoms with Crippen molar-refractivity contribution in [3.05, 3.63) is 152 Å². The van der Waals surface area contributed by atoms with E-state index in [0.29, 0.717) is 50.6 Å². The van der Waals surface area contributed by atoms with Crippen LogP contribution in [0.4, 0.5) is 22.0 Å². The molecule has 3 aliphatic rings. The molecule has 0 heterocycles. The van der Waals surface area contributed by atoms with Gasteiger partial charge in [0.05, 0.1) is 5.02 Å². The summed E-state index contributed by atoms with van der Waals surface area (Å²) < 4.78 is 69.3.